The van der Waals surface area contributed by atoms with Crippen molar-refractivity contribution in [3.05, 3.63) is 35.5 Å². The van der Waals surface area contributed by atoms with Crippen LogP contribution in [0.2, 0.25) is 0 Å². The molecule has 3 N–H and O–H groups in total. The molecule has 0 atom stereocenters. The molecule has 0 spiro atoms. The topological polar surface area (TPSA) is 86.7 Å². The van der Waals surface area contributed by atoms with Crippen LogP contribution in [0.3, 0.4) is 0 Å². The molecule has 0 aliphatic carbocycles. The van der Waals surface area contributed by atoms with Gasteiger partial charge in [-0.25, -0.2) is 4.98 Å². The van der Waals surface area contributed by atoms with Crippen molar-refractivity contribution in [2.75, 3.05) is 32.6 Å². The Hall–Kier alpha value is -2.80. The molecule has 3 aromatic rings. The van der Waals surface area contributed by atoms with Gasteiger partial charge in [-0.1, -0.05) is 0 Å². The zero-order chi connectivity index (χ0) is 18.0. The minimum atomic E-state index is 0.545. The van der Waals surface area contributed by atoms with Gasteiger partial charge in [-0.2, -0.15) is 9.61 Å². The molecule has 0 unspecified atom stereocenters. The van der Waals surface area contributed by atoms with Crippen molar-refractivity contribution in [1.29, 1.82) is 0 Å². The first kappa shape index (κ1) is 17.0. The van der Waals surface area contributed by atoms with E-state index in [0.717, 1.165) is 34.0 Å². The fourth-order valence-corrected chi connectivity index (χ4v) is 2.70. The molecular formula is C18H23N5O2. The highest BCUT2D eigenvalue weighted by atomic mass is 16.5. The first-order chi connectivity index (χ1) is 12.1. The van der Waals surface area contributed by atoms with Crippen molar-refractivity contribution < 1.29 is 9.47 Å². The lowest BCUT2D eigenvalue weighted by molar-refractivity contribution is 0.394. The van der Waals surface area contributed by atoms with E-state index >= 15 is 0 Å². The summed E-state index contributed by atoms with van der Waals surface area (Å²) in [5.74, 6) is 2.34. The van der Waals surface area contributed by atoms with Gasteiger partial charge < -0.3 is 20.5 Å². The number of hydrogen-bond donors (Lipinski definition) is 2. The second-order valence-corrected chi connectivity index (χ2v) is 5.79. The van der Waals surface area contributed by atoms with E-state index in [2.05, 4.69) is 10.3 Å². The van der Waals surface area contributed by atoms with E-state index in [0.29, 0.717) is 24.6 Å². The van der Waals surface area contributed by atoms with Crippen molar-refractivity contribution in [3.8, 4) is 22.8 Å². The molecule has 0 bridgehead atoms. The summed E-state index contributed by atoms with van der Waals surface area (Å²) >= 11 is 0. The van der Waals surface area contributed by atoms with E-state index in [1.807, 2.05) is 42.6 Å². The van der Waals surface area contributed by atoms with Crippen molar-refractivity contribution in [2.24, 2.45) is 5.73 Å². The van der Waals surface area contributed by atoms with Crippen molar-refractivity contribution in [3.63, 3.8) is 0 Å². The zero-order valence-corrected chi connectivity index (χ0v) is 15.0. The third kappa shape index (κ3) is 3.23. The molecule has 0 aliphatic heterocycles. The number of fused-ring (bicyclic) bond motifs is 1. The Balaban J connectivity index is 2.16. The van der Waals surface area contributed by atoms with E-state index in [1.54, 1.807) is 14.2 Å². The highest BCUT2D eigenvalue weighted by Crippen LogP contribution is 2.30. The van der Waals surface area contributed by atoms with Crippen LogP contribution in [0.25, 0.3) is 16.9 Å². The normalized spacial score (nSPS) is 10.9. The molecule has 0 radical (unpaired) electrons. The van der Waals surface area contributed by atoms with Gasteiger partial charge in [-0.3, -0.25) is 0 Å². The third-order valence-corrected chi connectivity index (χ3v) is 4.17. The van der Waals surface area contributed by atoms with Crippen LogP contribution < -0.4 is 20.5 Å². The van der Waals surface area contributed by atoms with Gasteiger partial charge >= 0.3 is 0 Å². The molecule has 2 heterocycles. The molecule has 25 heavy (non-hydrogen) atoms. The number of benzene rings is 1. The third-order valence-electron chi connectivity index (χ3n) is 4.17. The summed E-state index contributed by atoms with van der Waals surface area (Å²) < 4.78 is 12.5. The second-order valence-electron chi connectivity index (χ2n) is 5.79. The molecule has 1 aromatic carbocycles. The Kier molecular flexibility index (Phi) is 4.76. The summed E-state index contributed by atoms with van der Waals surface area (Å²) in [6.07, 6.45) is 0. The molecule has 7 nitrogen and oxygen atoms in total. The van der Waals surface area contributed by atoms with E-state index in [9.17, 15) is 0 Å². The van der Waals surface area contributed by atoms with Gasteiger partial charge in [0.05, 0.1) is 19.9 Å². The van der Waals surface area contributed by atoms with Gasteiger partial charge in [-0.05, 0) is 26.0 Å². The molecule has 7 heteroatoms. The summed E-state index contributed by atoms with van der Waals surface area (Å²) in [6, 6.07) is 7.64. The second kappa shape index (κ2) is 6.98. The Morgan fingerprint density at radius 1 is 1.08 bits per heavy atom. The van der Waals surface area contributed by atoms with Gasteiger partial charge in [0.15, 0.2) is 5.65 Å². The van der Waals surface area contributed by atoms with Crippen LogP contribution in [-0.2, 0) is 0 Å². The number of nitrogens with two attached hydrogens (primary N) is 1. The summed E-state index contributed by atoms with van der Waals surface area (Å²) in [5.41, 5.74) is 10.1. The number of anilines is 1. The largest absolute Gasteiger partial charge is 0.497 e. The van der Waals surface area contributed by atoms with Crippen LogP contribution in [0, 0.1) is 13.8 Å². The minimum absolute atomic E-state index is 0.545. The molecule has 2 aromatic heterocycles. The molecule has 0 saturated carbocycles. The fourth-order valence-electron chi connectivity index (χ4n) is 2.70. The maximum absolute atomic E-state index is 5.63. The first-order valence-electron chi connectivity index (χ1n) is 8.11. The number of nitrogens with zero attached hydrogens (tertiary/aromatic N) is 3. The lowest BCUT2D eigenvalue weighted by atomic mass is 10.1. The average Bonchev–Trinajstić information content (AvgIpc) is 3.05. The fraction of sp³-hybridized carbons (Fsp3) is 0.333. The predicted octanol–water partition coefficient (Wildman–Crippen LogP) is 2.40. The number of aryl methyl sites for hydroxylation is 1. The van der Waals surface area contributed by atoms with E-state index in [4.69, 9.17) is 20.3 Å². The highest BCUT2D eigenvalue weighted by Gasteiger charge is 2.14. The van der Waals surface area contributed by atoms with Gasteiger partial charge in [0, 0.05) is 42.0 Å². The molecule has 0 fully saturated rings. The average molecular weight is 341 g/mol. The monoisotopic (exact) mass is 341 g/mol. The van der Waals surface area contributed by atoms with E-state index in [1.165, 1.54) is 0 Å². The molecule has 132 valence electrons. The van der Waals surface area contributed by atoms with Crippen LogP contribution in [0.15, 0.2) is 24.3 Å². The summed E-state index contributed by atoms with van der Waals surface area (Å²) in [4.78, 5) is 4.64. The quantitative estimate of drug-likeness (QED) is 0.716. The van der Waals surface area contributed by atoms with Crippen molar-refractivity contribution >= 4 is 11.5 Å². The van der Waals surface area contributed by atoms with E-state index in [-0.39, 0.29) is 0 Å². The van der Waals surface area contributed by atoms with Gasteiger partial charge in [0.1, 0.15) is 17.3 Å². The Morgan fingerprint density at radius 2 is 1.76 bits per heavy atom. The van der Waals surface area contributed by atoms with Crippen LogP contribution in [0.1, 0.15) is 11.3 Å². The number of hydrogen-bond acceptors (Lipinski definition) is 6. The number of nitrogens with one attached hydrogen (secondary N) is 1. The maximum atomic E-state index is 5.63. The van der Waals surface area contributed by atoms with Crippen LogP contribution in [-0.4, -0.2) is 41.9 Å². The minimum Gasteiger partial charge on any atom is -0.497 e. The molecule has 3 rings (SSSR count). The highest BCUT2D eigenvalue weighted by molar-refractivity contribution is 5.69. The SMILES string of the molecule is COc1cc(OC)cc(-c2cc3nc(C)c(C)c(NCCN)n3n2)c1. The zero-order valence-electron chi connectivity index (χ0n) is 15.0. The van der Waals surface area contributed by atoms with Crippen LogP contribution in [0.4, 0.5) is 5.82 Å². The Morgan fingerprint density at radius 3 is 2.36 bits per heavy atom. The molecular weight excluding hydrogens is 318 g/mol. The number of aromatic nitrogens is 3. The lowest BCUT2D eigenvalue weighted by Crippen LogP contribution is -2.17. The van der Waals surface area contributed by atoms with E-state index < -0.39 is 0 Å². The number of methoxy groups -OCH3 is 2. The summed E-state index contributed by atoms with van der Waals surface area (Å²) in [5, 5.41) is 8.07. The molecule has 0 saturated heterocycles. The standard InChI is InChI=1S/C18H23N5O2/c1-11-12(2)21-17-10-16(22-23(17)18(11)20-6-5-19)13-7-14(24-3)9-15(8-13)25-4/h7-10,20H,5-6,19H2,1-4H3. The Labute approximate surface area is 146 Å². The number of rotatable bonds is 6. The summed E-state index contributed by atoms with van der Waals surface area (Å²) in [6.45, 7) is 5.23. The summed E-state index contributed by atoms with van der Waals surface area (Å²) in [7, 11) is 3.26. The van der Waals surface area contributed by atoms with Gasteiger partial charge in [0.25, 0.3) is 0 Å². The van der Waals surface area contributed by atoms with Crippen molar-refractivity contribution in [2.45, 2.75) is 13.8 Å². The van der Waals surface area contributed by atoms with Gasteiger partial charge in [0.2, 0.25) is 0 Å². The maximum Gasteiger partial charge on any atom is 0.158 e. The van der Waals surface area contributed by atoms with Gasteiger partial charge in [-0.15, -0.1) is 0 Å². The molecule has 0 amide bonds. The number of ether oxygens (including phenoxy) is 2. The van der Waals surface area contributed by atoms with Crippen molar-refractivity contribution in [1.82, 2.24) is 14.6 Å². The Bertz CT molecular complexity index is 882. The van der Waals surface area contributed by atoms with Crippen LogP contribution >= 0.6 is 0 Å². The first-order valence-corrected chi connectivity index (χ1v) is 8.11. The lowest BCUT2D eigenvalue weighted by Gasteiger charge is -2.12. The molecule has 0 aliphatic rings. The van der Waals surface area contributed by atoms with Crippen LogP contribution in [0.5, 0.6) is 11.5 Å². The smallest absolute Gasteiger partial charge is 0.158 e. The predicted molar refractivity (Wildman–Crippen MR) is 98.5 cm³/mol.